The number of hydrogen-bond acceptors (Lipinski definition) is 5. The minimum Gasteiger partial charge on any atom is -0.369 e. The number of hydrogen-bond donors (Lipinski definition) is 1. The van der Waals surface area contributed by atoms with Gasteiger partial charge in [0, 0.05) is 68.6 Å². The van der Waals surface area contributed by atoms with Gasteiger partial charge >= 0.3 is 0 Å². The van der Waals surface area contributed by atoms with Crippen molar-refractivity contribution in [1.29, 1.82) is 0 Å². The number of pyridine rings is 1. The lowest BCUT2D eigenvalue weighted by atomic mass is 10.1. The first-order chi connectivity index (χ1) is 14.6. The molecule has 0 spiro atoms. The van der Waals surface area contributed by atoms with E-state index in [-0.39, 0.29) is 5.91 Å². The molecule has 0 atom stereocenters. The van der Waals surface area contributed by atoms with Crippen molar-refractivity contribution in [1.82, 2.24) is 25.0 Å². The summed E-state index contributed by atoms with van der Waals surface area (Å²) in [6.07, 6.45) is 5.28. The number of carbonyl (C=O) groups is 1. The average Bonchev–Trinajstić information content (AvgIpc) is 3.33. The Bertz CT molecular complexity index is 960. The summed E-state index contributed by atoms with van der Waals surface area (Å²) in [6.45, 7) is 9.11. The van der Waals surface area contributed by atoms with E-state index in [4.69, 9.17) is 0 Å². The summed E-state index contributed by atoms with van der Waals surface area (Å²) in [5.74, 6) is 0.650. The smallest absolute Gasteiger partial charge is 0.251 e. The van der Waals surface area contributed by atoms with Gasteiger partial charge in [0.05, 0.1) is 0 Å². The van der Waals surface area contributed by atoms with Crippen LogP contribution >= 0.6 is 0 Å². The molecule has 1 fully saturated rings. The molecule has 30 heavy (non-hydrogen) atoms. The molecule has 0 unspecified atom stereocenters. The van der Waals surface area contributed by atoms with Gasteiger partial charge in [-0.3, -0.25) is 9.69 Å². The minimum absolute atomic E-state index is 0.0800. The first-order valence-electron chi connectivity index (χ1n) is 10.4. The summed E-state index contributed by atoms with van der Waals surface area (Å²) in [5, 5.41) is 7.18. The van der Waals surface area contributed by atoms with Crippen LogP contribution in [0.25, 0.3) is 5.82 Å². The Hall–Kier alpha value is -3.19. The molecule has 1 amide bonds. The Morgan fingerprint density at radius 2 is 1.83 bits per heavy atom. The van der Waals surface area contributed by atoms with E-state index >= 15 is 0 Å². The number of rotatable bonds is 6. The monoisotopic (exact) mass is 404 g/mol. The molecule has 1 aromatic carbocycles. The number of piperazine rings is 1. The fourth-order valence-electron chi connectivity index (χ4n) is 3.70. The molecule has 4 rings (SSSR count). The first kappa shape index (κ1) is 20.1. The van der Waals surface area contributed by atoms with Crippen LogP contribution in [0, 0.1) is 0 Å². The molecule has 0 bridgehead atoms. The van der Waals surface area contributed by atoms with E-state index in [0.29, 0.717) is 18.2 Å². The Kier molecular flexibility index (Phi) is 6.09. The normalized spacial score (nSPS) is 14.8. The molecule has 0 radical (unpaired) electrons. The molecule has 7 nitrogen and oxygen atoms in total. The van der Waals surface area contributed by atoms with Crippen LogP contribution in [0.15, 0.2) is 61.1 Å². The second-order valence-corrected chi connectivity index (χ2v) is 7.82. The minimum atomic E-state index is -0.0800. The zero-order valence-corrected chi connectivity index (χ0v) is 17.5. The van der Waals surface area contributed by atoms with E-state index in [1.54, 1.807) is 17.1 Å². The largest absolute Gasteiger partial charge is 0.369 e. The number of carbonyl (C=O) groups excluding carboxylic acids is 1. The van der Waals surface area contributed by atoms with E-state index in [1.165, 1.54) is 5.69 Å². The Labute approximate surface area is 177 Å². The maximum absolute atomic E-state index is 12.6. The SMILES string of the molecule is CC(C)N1CCN(c2ccc(C(=O)NCc3ccnc(-n4cccn4)c3)cc2)CC1. The number of benzene rings is 1. The third kappa shape index (κ3) is 4.68. The first-order valence-corrected chi connectivity index (χ1v) is 10.4. The summed E-state index contributed by atoms with van der Waals surface area (Å²) >= 11 is 0. The summed E-state index contributed by atoms with van der Waals surface area (Å²) in [4.78, 5) is 21.8. The second-order valence-electron chi connectivity index (χ2n) is 7.82. The Balaban J connectivity index is 1.33. The van der Waals surface area contributed by atoms with Gasteiger partial charge in [-0.1, -0.05) is 0 Å². The van der Waals surface area contributed by atoms with Crippen molar-refractivity contribution in [2.75, 3.05) is 31.1 Å². The summed E-state index contributed by atoms with van der Waals surface area (Å²) in [5.41, 5.74) is 2.82. The molecule has 2 aromatic heterocycles. The van der Waals surface area contributed by atoms with Gasteiger partial charge in [0.1, 0.15) is 0 Å². The predicted octanol–water partition coefficient (Wildman–Crippen LogP) is 2.73. The maximum atomic E-state index is 12.6. The van der Waals surface area contributed by atoms with Crippen LogP contribution in [0.3, 0.4) is 0 Å². The number of amides is 1. The maximum Gasteiger partial charge on any atom is 0.251 e. The van der Waals surface area contributed by atoms with E-state index in [2.05, 4.69) is 39.0 Å². The van der Waals surface area contributed by atoms with Crippen LogP contribution in [0.1, 0.15) is 29.8 Å². The van der Waals surface area contributed by atoms with Gasteiger partial charge in [-0.25, -0.2) is 9.67 Å². The van der Waals surface area contributed by atoms with Crippen LogP contribution in [0.2, 0.25) is 0 Å². The summed E-state index contributed by atoms with van der Waals surface area (Å²) < 4.78 is 1.70. The Morgan fingerprint density at radius 1 is 1.07 bits per heavy atom. The van der Waals surface area contributed by atoms with Crippen molar-refractivity contribution in [2.24, 2.45) is 0 Å². The zero-order valence-electron chi connectivity index (χ0n) is 17.5. The molecular formula is C23H28N6O. The fraction of sp³-hybridized carbons (Fsp3) is 0.348. The molecule has 1 N–H and O–H groups in total. The Morgan fingerprint density at radius 3 is 2.50 bits per heavy atom. The fourth-order valence-corrected chi connectivity index (χ4v) is 3.70. The number of anilines is 1. The molecule has 3 aromatic rings. The molecule has 7 heteroatoms. The lowest BCUT2D eigenvalue weighted by molar-refractivity contribution is 0.0951. The lowest BCUT2D eigenvalue weighted by Crippen LogP contribution is -2.48. The molecule has 1 aliphatic rings. The van der Waals surface area contributed by atoms with Crippen LogP contribution in [0.5, 0.6) is 0 Å². The van der Waals surface area contributed by atoms with Crippen LogP contribution in [-0.4, -0.2) is 57.8 Å². The van der Waals surface area contributed by atoms with Crippen molar-refractivity contribution < 1.29 is 4.79 Å². The van der Waals surface area contributed by atoms with Gasteiger partial charge in [0.25, 0.3) is 5.91 Å². The van der Waals surface area contributed by atoms with Crippen LogP contribution in [-0.2, 0) is 6.54 Å². The number of nitrogens with zero attached hydrogens (tertiary/aromatic N) is 5. The van der Waals surface area contributed by atoms with Crippen molar-refractivity contribution in [2.45, 2.75) is 26.4 Å². The van der Waals surface area contributed by atoms with Gasteiger partial charge < -0.3 is 10.2 Å². The average molecular weight is 405 g/mol. The molecule has 156 valence electrons. The second kappa shape index (κ2) is 9.09. The van der Waals surface area contributed by atoms with Gasteiger partial charge in [-0.05, 0) is 61.9 Å². The van der Waals surface area contributed by atoms with E-state index in [9.17, 15) is 4.79 Å². The van der Waals surface area contributed by atoms with Gasteiger partial charge in [-0.2, -0.15) is 5.10 Å². The van der Waals surface area contributed by atoms with Crippen molar-refractivity contribution >= 4 is 11.6 Å². The molecule has 0 aliphatic carbocycles. The zero-order chi connectivity index (χ0) is 20.9. The van der Waals surface area contributed by atoms with Gasteiger partial charge in [0.15, 0.2) is 5.82 Å². The number of aromatic nitrogens is 3. The summed E-state index contributed by atoms with van der Waals surface area (Å²) in [6, 6.07) is 14.2. The van der Waals surface area contributed by atoms with Gasteiger partial charge in [0.2, 0.25) is 0 Å². The van der Waals surface area contributed by atoms with Crippen molar-refractivity contribution in [3.05, 3.63) is 72.2 Å². The third-order valence-corrected chi connectivity index (χ3v) is 5.54. The highest BCUT2D eigenvalue weighted by Crippen LogP contribution is 2.18. The predicted molar refractivity (Wildman–Crippen MR) is 118 cm³/mol. The van der Waals surface area contributed by atoms with Crippen molar-refractivity contribution in [3.63, 3.8) is 0 Å². The summed E-state index contributed by atoms with van der Waals surface area (Å²) in [7, 11) is 0. The highest BCUT2D eigenvalue weighted by molar-refractivity contribution is 5.94. The van der Waals surface area contributed by atoms with Gasteiger partial charge in [-0.15, -0.1) is 0 Å². The molecule has 1 saturated heterocycles. The molecular weight excluding hydrogens is 376 g/mol. The quantitative estimate of drug-likeness (QED) is 0.684. The van der Waals surface area contributed by atoms with Crippen molar-refractivity contribution in [3.8, 4) is 5.82 Å². The molecule has 0 saturated carbocycles. The topological polar surface area (TPSA) is 66.3 Å². The van der Waals surface area contributed by atoms with E-state index < -0.39 is 0 Å². The lowest BCUT2D eigenvalue weighted by Gasteiger charge is -2.38. The number of nitrogens with one attached hydrogen (secondary N) is 1. The standard InChI is InChI=1S/C23H28N6O/c1-18(2)27-12-14-28(15-13-27)21-6-4-20(5-7-21)23(30)25-17-19-8-10-24-22(16-19)29-11-3-9-26-29/h3-11,16,18H,12-15,17H2,1-2H3,(H,25,30). The third-order valence-electron chi connectivity index (χ3n) is 5.54. The van der Waals surface area contributed by atoms with Crippen LogP contribution in [0.4, 0.5) is 5.69 Å². The highest BCUT2D eigenvalue weighted by atomic mass is 16.1. The van der Waals surface area contributed by atoms with Crippen LogP contribution < -0.4 is 10.2 Å². The molecule has 1 aliphatic heterocycles. The van der Waals surface area contributed by atoms with E-state index in [1.807, 2.05) is 48.7 Å². The molecule has 3 heterocycles. The van der Waals surface area contributed by atoms with E-state index in [0.717, 1.165) is 37.6 Å². The highest BCUT2D eigenvalue weighted by Gasteiger charge is 2.19.